The van der Waals surface area contributed by atoms with E-state index in [1.54, 1.807) is 38.1 Å². The van der Waals surface area contributed by atoms with Gasteiger partial charge in [0.25, 0.3) is 20.0 Å². The Morgan fingerprint density at radius 3 is 1.25 bits per heavy atom. The predicted molar refractivity (Wildman–Crippen MR) is 236 cm³/mol. The third-order valence-electron chi connectivity index (χ3n) is 11.3. The van der Waals surface area contributed by atoms with E-state index in [4.69, 9.17) is 0 Å². The van der Waals surface area contributed by atoms with E-state index in [-0.39, 0.29) is 94.3 Å². The van der Waals surface area contributed by atoms with E-state index < -0.39 is 44.0 Å². The molecule has 0 saturated heterocycles. The molecule has 10 rings (SSSR count). The predicted octanol–water partition coefficient (Wildman–Crippen LogP) is 5.70. The number of phenolic OH excluding ortho intramolecular Hbond substituents is 2. The van der Waals surface area contributed by atoms with Crippen molar-refractivity contribution in [1.29, 1.82) is 0 Å². The number of carbonyl (C=O) groups excluding carboxylic acids is 2. The molecule has 2 amide bonds. The number of hydrazone groups is 4. The molecule has 4 atom stereocenters. The van der Waals surface area contributed by atoms with Crippen LogP contribution in [0, 0.1) is 11.8 Å². The minimum absolute atomic E-state index is 0. The van der Waals surface area contributed by atoms with E-state index in [0.717, 1.165) is 20.0 Å². The molecule has 4 aliphatic heterocycles. The molecule has 4 aromatic carbocycles. The number of amidine groups is 2. The summed E-state index contributed by atoms with van der Waals surface area (Å²) in [5.74, 6) is -1.52. The van der Waals surface area contributed by atoms with E-state index in [9.17, 15) is 36.6 Å². The van der Waals surface area contributed by atoms with Gasteiger partial charge in [0.2, 0.25) is 11.8 Å². The number of carbonyl (C=O) groups is 2. The summed E-state index contributed by atoms with van der Waals surface area (Å²) in [5.41, 5.74) is 3.08. The Hall–Kier alpha value is -6.64. The molecule has 0 radical (unpaired) electrons. The summed E-state index contributed by atoms with van der Waals surface area (Å²) >= 11 is 0. The zero-order valence-electron chi connectivity index (χ0n) is 35.2. The molecule has 2 aromatic heterocycles. The van der Waals surface area contributed by atoms with Crippen LogP contribution < -0.4 is 0 Å². The quantitative estimate of drug-likeness (QED) is 0.193. The van der Waals surface area contributed by atoms with Crippen LogP contribution >= 0.6 is 0 Å². The Kier molecular flexibility index (Phi) is 11.8. The van der Waals surface area contributed by atoms with Crippen molar-refractivity contribution >= 4 is 76.8 Å². The fraction of sp³-hybridized carbons (Fsp3) is 0.182. The van der Waals surface area contributed by atoms with Crippen LogP contribution in [0.15, 0.2) is 152 Å². The van der Waals surface area contributed by atoms with Gasteiger partial charge in [-0.15, -0.1) is 8.83 Å². The number of amides is 2. The van der Waals surface area contributed by atoms with Gasteiger partial charge in [0.15, 0.2) is 11.7 Å². The standard InChI is InChI=1S/2C22H19N5O4S.Hg/c2*1-13-19-21(15-7-4-3-5-8-15)26(14(2)28)25-22(19)27(24-13)32(30,31)18-11-10-17(29)20-16(18)9-6-12-23-20;/h2*3-12,19,21,29H,1-2H3;. The first-order valence-electron chi connectivity index (χ1n) is 19.8. The average molecular weight is 1100 g/mol. The van der Waals surface area contributed by atoms with Gasteiger partial charge in [-0.05, 0) is 73.5 Å². The molecule has 0 saturated carbocycles. The second-order valence-electron chi connectivity index (χ2n) is 15.3. The molecule has 0 aliphatic carbocycles. The molecular formula is C44H38HgN10O8S2. The Morgan fingerprint density at radius 2 is 0.892 bits per heavy atom. The fourth-order valence-corrected chi connectivity index (χ4v) is 11.4. The first kappa shape index (κ1) is 44.9. The summed E-state index contributed by atoms with van der Waals surface area (Å²) in [6, 6.07) is 29.2. The van der Waals surface area contributed by atoms with E-state index in [2.05, 4.69) is 30.4 Å². The number of pyridine rings is 2. The monoisotopic (exact) mass is 1100 g/mol. The molecule has 0 bridgehead atoms. The number of hydrogen-bond donors (Lipinski definition) is 2. The number of hydrogen-bond acceptors (Lipinski definition) is 14. The van der Waals surface area contributed by atoms with Crippen molar-refractivity contribution in [3.8, 4) is 11.5 Å². The van der Waals surface area contributed by atoms with Gasteiger partial charge < -0.3 is 10.2 Å². The number of nitrogens with zero attached hydrogens (tertiary/aromatic N) is 10. The molecule has 4 unspecified atom stereocenters. The van der Waals surface area contributed by atoms with Crippen LogP contribution in [0.4, 0.5) is 0 Å². The van der Waals surface area contributed by atoms with Gasteiger partial charge in [0.1, 0.15) is 22.5 Å². The van der Waals surface area contributed by atoms with Gasteiger partial charge in [0, 0.05) is 76.1 Å². The Labute approximate surface area is 393 Å². The van der Waals surface area contributed by atoms with Crippen molar-refractivity contribution in [2.24, 2.45) is 32.2 Å². The summed E-state index contributed by atoms with van der Waals surface area (Å²) in [6.45, 7) is 6.24. The number of aromatic nitrogens is 2. The van der Waals surface area contributed by atoms with Gasteiger partial charge in [-0.2, -0.15) is 37.2 Å². The van der Waals surface area contributed by atoms with Crippen LogP contribution in [0.25, 0.3) is 21.8 Å². The molecule has 326 valence electrons. The summed E-state index contributed by atoms with van der Waals surface area (Å²) < 4.78 is 56.6. The average Bonchev–Trinajstić information content (AvgIpc) is 4.05. The summed E-state index contributed by atoms with van der Waals surface area (Å²) in [4.78, 5) is 32.8. The van der Waals surface area contributed by atoms with Crippen molar-refractivity contribution < 1.29 is 64.3 Å². The first-order chi connectivity index (χ1) is 30.6. The minimum Gasteiger partial charge on any atom is -0.506 e. The number of rotatable bonds is 6. The zero-order chi connectivity index (χ0) is 45.2. The van der Waals surface area contributed by atoms with Crippen molar-refractivity contribution in [1.82, 2.24) is 28.8 Å². The topological polar surface area (TPSA) is 231 Å². The molecule has 65 heavy (non-hydrogen) atoms. The van der Waals surface area contributed by atoms with Crippen LogP contribution in [-0.4, -0.2) is 90.8 Å². The van der Waals surface area contributed by atoms with Crippen LogP contribution in [-0.2, 0) is 57.3 Å². The van der Waals surface area contributed by atoms with E-state index in [1.807, 2.05) is 60.7 Å². The van der Waals surface area contributed by atoms with Crippen molar-refractivity contribution in [3.05, 3.63) is 133 Å². The Balaban J connectivity index is 0.000000175. The number of fused-ring (bicyclic) bond motifs is 4. The third-order valence-corrected chi connectivity index (χ3v) is 14.6. The molecule has 0 fully saturated rings. The van der Waals surface area contributed by atoms with Gasteiger partial charge in [-0.25, -0.2) is 10.0 Å². The fourth-order valence-electron chi connectivity index (χ4n) is 8.45. The molecule has 21 heteroatoms. The molecule has 0 spiro atoms. The van der Waals surface area contributed by atoms with Gasteiger partial charge in [-0.1, -0.05) is 60.7 Å². The van der Waals surface area contributed by atoms with Gasteiger partial charge >= 0.3 is 0 Å². The minimum atomic E-state index is -4.20. The van der Waals surface area contributed by atoms with Gasteiger partial charge in [-0.3, -0.25) is 19.6 Å². The molecule has 4 aliphatic rings. The third kappa shape index (κ3) is 7.47. The smallest absolute Gasteiger partial charge is 0.285 e. The number of sulfonamides is 2. The van der Waals surface area contributed by atoms with Crippen LogP contribution in [0.3, 0.4) is 0 Å². The second-order valence-corrected chi connectivity index (χ2v) is 18.7. The normalized spacial score (nSPS) is 20.0. The van der Waals surface area contributed by atoms with Crippen molar-refractivity contribution in [2.45, 2.75) is 49.6 Å². The van der Waals surface area contributed by atoms with Crippen LogP contribution in [0.5, 0.6) is 11.5 Å². The number of aromatic hydroxyl groups is 2. The molecular weight excluding hydrogens is 1060 g/mol. The summed E-state index contributed by atoms with van der Waals surface area (Å²) in [5, 5.41) is 40.8. The molecule has 18 nitrogen and oxygen atoms in total. The largest absolute Gasteiger partial charge is 0.506 e. The molecule has 2 N–H and O–H groups in total. The SMILES string of the molecule is CC(=O)N1N=C2C(C(C)=NN2S(=O)(=O)c2ccc(O)c3ncccc23)C1c1ccccc1.CC(=O)N1N=C2C(C(C)=NN2S(=O)(=O)c2ccc(O)c3ncccc23)C1c1ccccc1.[Hg]. The summed E-state index contributed by atoms with van der Waals surface area (Å²) in [7, 11) is -8.40. The van der Waals surface area contributed by atoms with Crippen molar-refractivity contribution in [3.63, 3.8) is 0 Å². The number of benzene rings is 4. The molecule has 6 aromatic rings. The van der Waals surface area contributed by atoms with E-state index in [0.29, 0.717) is 11.4 Å². The second kappa shape index (κ2) is 17.1. The maximum Gasteiger partial charge on any atom is 0.285 e. The zero-order valence-corrected chi connectivity index (χ0v) is 42.3. The number of phenols is 2. The van der Waals surface area contributed by atoms with E-state index >= 15 is 0 Å². The summed E-state index contributed by atoms with van der Waals surface area (Å²) in [6.07, 6.45) is 2.95. The van der Waals surface area contributed by atoms with E-state index in [1.165, 1.54) is 60.5 Å². The van der Waals surface area contributed by atoms with Gasteiger partial charge in [0.05, 0.1) is 33.7 Å². The van der Waals surface area contributed by atoms with Crippen LogP contribution in [0.1, 0.15) is 50.9 Å². The first-order valence-corrected chi connectivity index (χ1v) is 22.7. The Morgan fingerprint density at radius 1 is 0.523 bits per heavy atom. The van der Waals surface area contributed by atoms with Crippen LogP contribution in [0.2, 0.25) is 0 Å². The van der Waals surface area contributed by atoms with Crippen molar-refractivity contribution in [2.75, 3.05) is 0 Å². The Bertz CT molecular complexity index is 3060. The maximum atomic E-state index is 13.7. The maximum absolute atomic E-state index is 13.7. The molecule has 6 heterocycles.